The first kappa shape index (κ1) is 33.8. The maximum Gasteiger partial charge on any atom is 0.416 e. The van der Waals surface area contributed by atoms with Crippen LogP contribution in [0.25, 0.3) is 0 Å². The van der Waals surface area contributed by atoms with Crippen LogP contribution in [0.15, 0.2) is 42.5 Å². The van der Waals surface area contributed by atoms with Gasteiger partial charge in [-0.3, -0.25) is 4.79 Å². The lowest BCUT2D eigenvalue weighted by Crippen LogP contribution is -2.48. The second-order valence-corrected chi connectivity index (χ2v) is 13.4. The maximum absolute atomic E-state index is 13.7. The van der Waals surface area contributed by atoms with E-state index in [1.54, 1.807) is 4.90 Å². The van der Waals surface area contributed by atoms with Gasteiger partial charge in [0.05, 0.1) is 17.5 Å². The van der Waals surface area contributed by atoms with Gasteiger partial charge in [-0.1, -0.05) is 42.7 Å². The number of nitrogens with zero attached hydrogens (tertiary/aromatic N) is 3. The minimum atomic E-state index is -4.95. The molecule has 2 aromatic rings. The van der Waals surface area contributed by atoms with Crippen LogP contribution in [0.4, 0.5) is 26.3 Å². The van der Waals surface area contributed by atoms with Gasteiger partial charge >= 0.3 is 12.4 Å². The van der Waals surface area contributed by atoms with Gasteiger partial charge in [-0.2, -0.15) is 26.3 Å². The molecule has 1 amide bonds. The zero-order valence-electron chi connectivity index (χ0n) is 26.2. The molecular formula is C35H45F6N3O. The average Bonchev–Trinajstić information content (AvgIpc) is 3.24. The second kappa shape index (κ2) is 14.0. The van der Waals surface area contributed by atoms with Gasteiger partial charge in [-0.05, 0) is 114 Å². The number of rotatable bonds is 7. The van der Waals surface area contributed by atoms with E-state index in [-0.39, 0.29) is 17.0 Å². The number of likely N-dealkylation sites (tertiary alicyclic amines) is 3. The predicted octanol–water partition coefficient (Wildman–Crippen LogP) is 7.87. The summed E-state index contributed by atoms with van der Waals surface area (Å²) in [7, 11) is 0. The molecule has 4 nitrogen and oxygen atoms in total. The molecule has 0 aliphatic carbocycles. The van der Waals surface area contributed by atoms with Crippen molar-refractivity contribution in [3.05, 3.63) is 70.3 Å². The molecule has 0 saturated carbocycles. The number of hydrogen-bond donors (Lipinski definition) is 0. The Bertz CT molecular complexity index is 1250. The molecule has 0 unspecified atom stereocenters. The smallest absolute Gasteiger partial charge is 0.342 e. The molecule has 10 heteroatoms. The van der Waals surface area contributed by atoms with E-state index in [2.05, 4.69) is 34.1 Å². The SMILES string of the molecule is Cc1ccc([C@@]2(CCN3CCC(N4CCCCC4)CC3)CCCCN(C(=O)Cc3cc(C(F)(F)F)cc(C(F)(F)F)c3)C2)cc1. The fourth-order valence-corrected chi connectivity index (χ4v) is 7.57. The van der Waals surface area contributed by atoms with Crippen LogP contribution >= 0.6 is 0 Å². The zero-order chi connectivity index (χ0) is 32.2. The summed E-state index contributed by atoms with van der Waals surface area (Å²) in [6, 6.07) is 10.5. The van der Waals surface area contributed by atoms with Gasteiger partial charge in [0.25, 0.3) is 0 Å². The minimum Gasteiger partial charge on any atom is -0.342 e. The van der Waals surface area contributed by atoms with Crippen LogP contribution in [0.5, 0.6) is 0 Å². The third-order valence-corrected chi connectivity index (χ3v) is 10.2. The fourth-order valence-electron chi connectivity index (χ4n) is 7.57. The molecular weight excluding hydrogens is 592 g/mol. The number of benzene rings is 2. The Morgan fingerprint density at radius 3 is 2.00 bits per heavy atom. The highest BCUT2D eigenvalue weighted by Gasteiger charge is 2.40. The van der Waals surface area contributed by atoms with Crippen LogP contribution in [0.1, 0.15) is 85.6 Å². The molecule has 45 heavy (non-hydrogen) atoms. The summed E-state index contributed by atoms with van der Waals surface area (Å²) in [5.41, 5.74) is -1.16. The van der Waals surface area contributed by atoms with Gasteiger partial charge in [-0.25, -0.2) is 0 Å². The van der Waals surface area contributed by atoms with Crippen LogP contribution in [0, 0.1) is 6.92 Å². The van der Waals surface area contributed by atoms with Crippen LogP contribution in [0.3, 0.4) is 0 Å². The van der Waals surface area contributed by atoms with E-state index in [0.717, 1.165) is 69.3 Å². The first-order valence-corrected chi connectivity index (χ1v) is 16.4. The Kier molecular flexibility index (Phi) is 10.5. The molecule has 0 spiro atoms. The summed E-state index contributed by atoms with van der Waals surface area (Å²) in [4.78, 5) is 20.5. The Morgan fingerprint density at radius 2 is 1.40 bits per heavy atom. The predicted molar refractivity (Wildman–Crippen MR) is 163 cm³/mol. The Labute approximate surface area is 262 Å². The van der Waals surface area contributed by atoms with Crippen molar-refractivity contribution in [3.8, 4) is 0 Å². The van der Waals surface area contributed by atoms with Crippen LogP contribution in [-0.2, 0) is 29.0 Å². The zero-order valence-corrected chi connectivity index (χ0v) is 26.2. The molecule has 3 aliphatic heterocycles. The average molecular weight is 638 g/mol. The van der Waals surface area contributed by atoms with E-state index in [0.29, 0.717) is 31.3 Å². The largest absolute Gasteiger partial charge is 0.416 e. The van der Waals surface area contributed by atoms with E-state index in [1.165, 1.54) is 32.4 Å². The van der Waals surface area contributed by atoms with E-state index in [9.17, 15) is 31.1 Å². The molecule has 0 N–H and O–H groups in total. The van der Waals surface area contributed by atoms with Crippen molar-refractivity contribution in [1.29, 1.82) is 0 Å². The van der Waals surface area contributed by atoms with Gasteiger partial charge in [0.15, 0.2) is 0 Å². The van der Waals surface area contributed by atoms with Crippen molar-refractivity contribution in [3.63, 3.8) is 0 Å². The molecule has 2 aromatic carbocycles. The highest BCUT2D eigenvalue weighted by atomic mass is 19.4. The van der Waals surface area contributed by atoms with E-state index < -0.39 is 35.8 Å². The number of carbonyl (C=O) groups is 1. The Morgan fingerprint density at radius 1 is 0.800 bits per heavy atom. The fraction of sp³-hybridized carbons (Fsp3) is 0.629. The molecule has 3 aliphatic rings. The minimum absolute atomic E-state index is 0.109. The molecule has 0 aromatic heterocycles. The maximum atomic E-state index is 13.7. The third-order valence-electron chi connectivity index (χ3n) is 10.2. The van der Waals surface area contributed by atoms with Crippen molar-refractivity contribution in [2.75, 3.05) is 45.8 Å². The normalized spacial score (nSPS) is 23.2. The topological polar surface area (TPSA) is 26.8 Å². The highest BCUT2D eigenvalue weighted by Crippen LogP contribution is 2.39. The number of carbonyl (C=O) groups excluding carboxylic acids is 1. The lowest BCUT2D eigenvalue weighted by molar-refractivity contribution is -0.143. The Balaban J connectivity index is 1.33. The summed E-state index contributed by atoms with van der Waals surface area (Å²) >= 11 is 0. The number of piperidine rings is 2. The van der Waals surface area contributed by atoms with Gasteiger partial charge in [0, 0.05) is 24.5 Å². The van der Waals surface area contributed by atoms with Gasteiger partial charge < -0.3 is 14.7 Å². The van der Waals surface area contributed by atoms with Gasteiger partial charge in [-0.15, -0.1) is 0 Å². The number of amides is 1. The quantitative estimate of drug-likeness (QED) is 0.289. The molecule has 3 heterocycles. The number of halogens is 6. The van der Waals surface area contributed by atoms with Crippen molar-refractivity contribution in [1.82, 2.24) is 14.7 Å². The van der Waals surface area contributed by atoms with Gasteiger partial charge in [0.2, 0.25) is 5.91 Å². The molecule has 5 rings (SSSR count). The number of aryl methyl sites for hydroxylation is 1. The molecule has 3 saturated heterocycles. The lowest BCUT2D eigenvalue weighted by atomic mass is 9.73. The molecule has 1 atom stereocenters. The molecule has 0 bridgehead atoms. The first-order valence-electron chi connectivity index (χ1n) is 16.4. The monoisotopic (exact) mass is 637 g/mol. The van der Waals surface area contributed by atoms with E-state index in [4.69, 9.17) is 0 Å². The second-order valence-electron chi connectivity index (χ2n) is 13.4. The van der Waals surface area contributed by atoms with Crippen LogP contribution in [0.2, 0.25) is 0 Å². The number of hydrogen-bond acceptors (Lipinski definition) is 3. The standard InChI is InChI=1S/C35H45F6N3O/c1-26-7-9-28(10-8-26)33(14-20-42-18-11-31(12-19-42)43-15-4-2-5-16-43)13-3-6-17-44(25-33)32(45)23-27-21-29(34(36,37)38)24-30(22-27)35(39,40)41/h7-10,21-22,24,31H,2-6,11-20,23,25H2,1H3/t33-/m1/s1. The summed E-state index contributed by atoms with van der Waals surface area (Å²) < 4.78 is 80.9. The van der Waals surface area contributed by atoms with E-state index in [1.807, 2.05) is 6.92 Å². The van der Waals surface area contributed by atoms with Crippen molar-refractivity contribution < 1.29 is 31.1 Å². The summed E-state index contributed by atoms with van der Waals surface area (Å²) in [6.07, 6.45) is -0.911. The van der Waals surface area contributed by atoms with Crippen LogP contribution < -0.4 is 0 Å². The lowest BCUT2D eigenvalue weighted by Gasteiger charge is -2.42. The highest BCUT2D eigenvalue weighted by molar-refractivity contribution is 5.79. The summed E-state index contributed by atoms with van der Waals surface area (Å²) in [6.45, 7) is 8.19. The van der Waals surface area contributed by atoms with Crippen molar-refractivity contribution in [2.45, 2.75) is 94.9 Å². The van der Waals surface area contributed by atoms with Crippen LogP contribution in [-0.4, -0.2) is 72.5 Å². The van der Waals surface area contributed by atoms with Crippen molar-refractivity contribution in [2.24, 2.45) is 0 Å². The van der Waals surface area contributed by atoms with Crippen molar-refractivity contribution >= 4 is 5.91 Å². The molecule has 3 fully saturated rings. The first-order chi connectivity index (χ1) is 21.3. The Hall–Kier alpha value is -2.59. The molecule has 0 radical (unpaired) electrons. The molecule has 248 valence electrons. The summed E-state index contributed by atoms with van der Waals surface area (Å²) in [5.74, 6) is -0.441. The third kappa shape index (κ3) is 8.61. The van der Waals surface area contributed by atoms with Gasteiger partial charge in [0.1, 0.15) is 0 Å². The number of alkyl halides is 6. The van der Waals surface area contributed by atoms with E-state index >= 15 is 0 Å². The summed E-state index contributed by atoms with van der Waals surface area (Å²) in [5, 5.41) is 0.